The minimum atomic E-state index is -0.421. The highest BCUT2D eigenvalue weighted by Gasteiger charge is 2.24. The van der Waals surface area contributed by atoms with Gasteiger partial charge >= 0.3 is 0 Å². The largest absolute Gasteiger partial charge is 0.511 e. The van der Waals surface area contributed by atoms with Crippen molar-refractivity contribution in [1.29, 1.82) is 0 Å². The van der Waals surface area contributed by atoms with Crippen LogP contribution in [0.1, 0.15) is 12.0 Å². The zero-order chi connectivity index (χ0) is 14.0. The molecule has 6 heteroatoms. The van der Waals surface area contributed by atoms with Crippen molar-refractivity contribution in [2.24, 2.45) is 0 Å². The number of nitrogens with one attached hydrogen (secondary N) is 2. The number of aliphatic hydroxyl groups excluding tert-OH is 1. The monoisotopic (exact) mass is 280 g/mol. The van der Waals surface area contributed by atoms with E-state index in [0.717, 1.165) is 0 Å². The van der Waals surface area contributed by atoms with E-state index in [0.29, 0.717) is 24.2 Å². The number of carbonyl (C=O) groups excluding carboxylic acids is 1. The molecule has 0 fully saturated rings. The first-order valence-corrected chi connectivity index (χ1v) is 6.18. The van der Waals surface area contributed by atoms with Gasteiger partial charge in [0.25, 0.3) is 5.91 Å². The quantitative estimate of drug-likeness (QED) is 0.727. The minimum Gasteiger partial charge on any atom is -0.511 e. The minimum absolute atomic E-state index is 0.0460. The van der Waals surface area contributed by atoms with Crippen LogP contribution in [0, 0.1) is 12.7 Å². The summed E-state index contributed by atoms with van der Waals surface area (Å²) in [6.07, 6.45) is 0.338. The third-order valence-corrected chi connectivity index (χ3v) is 3.21. The van der Waals surface area contributed by atoms with E-state index in [-0.39, 0.29) is 22.1 Å². The van der Waals surface area contributed by atoms with Gasteiger partial charge < -0.3 is 15.7 Å². The van der Waals surface area contributed by atoms with E-state index in [2.05, 4.69) is 10.6 Å². The number of benzene rings is 1. The lowest BCUT2D eigenvalue weighted by Crippen LogP contribution is -2.36. The summed E-state index contributed by atoms with van der Waals surface area (Å²) in [5, 5.41) is 15.1. The van der Waals surface area contributed by atoms with Crippen molar-refractivity contribution in [2.75, 3.05) is 11.9 Å². The molecule has 2 rings (SSSR count). The second-order valence-electron chi connectivity index (χ2n) is 4.19. The topological polar surface area (TPSA) is 61.4 Å². The summed E-state index contributed by atoms with van der Waals surface area (Å²) in [5.74, 6) is -0.829. The highest BCUT2D eigenvalue weighted by molar-refractivity contribution is 7.81. The molecule has 4 nitrogen and oxygen atoms in total. The molecular formula is C13H13FN2O2S. The molecule has 0 radical (unpaired) electrons. The lowest BCUT2D eigenvalue weighted by atomic mass is 10.1. The molecule has 0 bridgehead atoms. The molecule has 3 N–H and O–H groups in total. The normalized spacial score (nSPS) is 15.2. The Morgan fingerprint density at radius 1 is 1.53 bits per heavy atom. The van der Waals surface area contributed by atoms with Crippen molar-refractivity contribution >= 4 is 28.8 Å². The van der Waals surface area contributed by atoms with Crippen LogP contribution in [0.25, 0.3) is 0 Å². The molecule has 1 aliphatic rings. The zero-order valence-corrected chi connectivity index (χ0v) is 11.1. The van der Waals surface area contributed by atoms with Gasteiger partial charge in [0.15, 0.2) is 0 Å². The third kappa shape index (κ3) is 2.73. The summed E-state index contributed by atoms with van der Waals surface area (Å²) in [5.41, 5.74) is 0.926. The number of hydrogen-bond acceptors (Lipinski definition) is 3. The molecule has 1 aromatic rings. The number of hydrogen-bond donors (Lipinski definition) is 3. The van der Waals surface area contributed by atoms with E-state index in [1.807, 2.05) is 0 Å². The van der Waals surface area contributed by atoms with Gasteiger partial charge in [-0.05, 0) is 19.1 Å². The fourth-order valence-electron chi connectivity index (χ4n) is 1.80. The average molecular weight is 280 g/mol. The van der Waals surface area contributed by atoms with Crippen LogP contribution in [0.2, 0.25) is 0 Å². The SMILES string of the molecule is Cc1c(F)cccc1NC(=S)C1=C(O)CCNC1=O. The summed E-state index contributed by atoms with van der Waals surface area (Å²) >= 11 is 5.10. The van der Waals surface area contributed by atoms with Crippen molar-refractivity contribution < 1.29 is 14.3 Å². The second kappa shape index (κ2) is 5.36. The second-order valence-corrected chi connectivity index (χ2v) is 4.60. The van der Waals surface area contributed by atoms with E-state index in [4.69, 9.17) is 12.2 Å². The van der Waals surface area contributed by atoms with Crippen molar-refractivity contribution in [1.82, 2.24) is 5.32 Å². The first-order valence-electron chi connectivity index (χ1n) is 5.77. The molecule has 100 valence electrons. The third-order valence-electron chi connectivity index (χ3n) is 2.91. The van der Waals surface area contributed by atoms with E-state index in [9.17, 15) is 14.3 Å². The number of amides is 1. The van der Waals surface area contributed by atoms with Crippen molar-refractivity contribution in [3.63, 3.8) is 0 Å². The maximum Gasteiger partial charge on any atom is 0.257 e. The zero-order valence-electron chi connectivity index (χ0n) is 10.3. The van der Waals surface area contributed by atoms with Crippen LogP contribution >= 0.6 is 12.2 Å². The number of aliphatic hydroxyl groups is 1. The first kappa shape index (κ1) is 13.5. The highest BCUT2D eigenvalue weighted by Crippen LogP contribution is 2.20. The summed E-state index contributed by atoms with van der Waals surface area (Å²) in [6, 6.07) is 4.54. The van der Waals surface area contributed by atoms with Gasteiger partial charge in [-0.2, -0.15) is 0 Å². The van der Waals surface area contributed by atoms with Crippen LogP contribution in [-0.4, -0.2) is 22.5 Å². The van der Waals surface area contributed by atoms with E-state index < -0.39 is 5.91 Å². The van der Waals surface area contributed by atoms with Gasteiger partial charge in [0.2, 0.25) is 0 Å². The molecule has 1 heterocycles. The van der Waals surface area contributed by atoms with Gasteiger partial charge in [-0.3, -0.25) is 4.79 Å². The van der Waals surface area contributed by atoms with Crippen molar-refractivity contribution in [3.05, 3.63) is 40.9 Å². The molecule has 0 unspecified atom stereocenters. The molecule has 19 heavy (non-hydrogen) atoms. The number of carbonyl (C=O) groups is 1. The average Bonchev–Trinajstić information content (AvgIpc) is 2.35. The molecule has 0 spiro atoms. The molecule has 0 saturated carbocycles. The van der Waals surface area contributed by atoms with Crippen LogP contribution < -0.4 is 10.6 Å². The molecule has 0 atom stereocenters. The molecule has 1 aliphatic heterocycles. The summed E-state index contributed by atoms with van der Waals surface area (Å²) in [7, 11) is 0. The lowest BCUT2D eigenvalue weighted by molar-refractivity contribution is -0.117. The molecule has 0 saturated heterocycles. The van der Waals surface area contributed by atoms with Crippen LogP contribution in [0.15, 0.2) is 29.5 Å². The van der Waals surface area contributed by atoms with Crippen LogP contribution in [0.3, 0.4) is 0 Å². The maximum atomic E-state index is 13.4. The Bertz CT molecular complexity index is 584. The van der Waals surface area contributed by atoms with Crippen LogP contribution in [0.5, 0.6) is 0 Å². The molecule has 0 aliphatic carbocycles. The predicted octanol–water partition coefficient (Wildman–Crippen LogP) is 2.21. The molecule has 0 aromatic heterocycles. The van der Waals surface area contributed by atoms with Crippen molar-refractivity contribution in [3.8, 4) is 0 Å². The van der Waals surface area contributed by atoms with Crippen molar-refractivity contribution in [2.45, 2.75) is 13.3 Å². The van der Waals surface area contributed by atoms with Gasteiger partial charge in [-0.15, -0.1) is 0 Å². The highest BCUT2D eigenvalue weighted by atomic mass is 32.1. The lowest BCUT2D eigenvalue weighted by Gasteiger charge is -2.19. The van der Waals surface area contributed by atoms with Gasteiger partial charge in [0.05, 0.1) is 0 Å². The number of rotatable bonds is 2. The van der Waals surface area contributed by atoms with Crippen LogP contribution in [-0.2, 0) is 4.79 Å². The van der Waals surface area contributed by atoms with E-state index >= 15 is 0 Å². The number of thiocarbonyl (C=S) groups is 1. The Morgan fingerprint density at radius 3 is 2.95 bits per heavy atom. The molecule has 1 aromatic carbocycles. The number of halogens is 1. The van der Waals surface area contributed by atoms with Gasteiger partial charge in [0, 0.05) is 24.2 Å². The smallest absolute Gasteiger partial charge is 0.257 e. The fourth-order valence-corrected chi connectivity index (χ4v) is 2.12. The molecular weight excluding hydrogens is 267 g/mol. The first-order chi connectivity index (χ1) is 9.00. The fraction of sp³-hybridized carbons (Fsp3) is 0.231. The Morgan fingerprint density at radius 2 is 2.26 bits per heavy atom. The Balaban J connectivity index is 2.26. The van der Waals surface area contributed by atoms with E-state index in [1.165, 1.54) is 6.07 Å². The van der Waals surface area contributed by atoms with Gasteiger partial charge in [0.1, 0.15) is 22.1 Å². The standard InChI is InChI=1S/C13H13FN2O2S/c1-7-8(14)3-2-4-9(7)16-13(19)11-10(17)5-6-15-12(11)18/h2-4,17H,5-6H2,1H3,(H,15,18)(H,16,19). The number of anilines is 1. The van der Waals surface area contributed by atoms with Crippen LogP contribution in [0.4, 0.5) is 10.1 Å². The van der Waals surface area contributed by atoms with E-state index in [1.54, 1.807) is 19.1 Å². The molecule has 1 amide bonds. The predicted molar refractivity (Wildman–Crippen MR) is 74.6 cm³/mol. The van der Waals surface area contributed by atoms with Gasteiger partial charge in [-0.25, -0.2) is 4.39 Å². The Hall–Kier alpha value is -1.95. The Labute approximate surface area is 115 Å². The Kier molecular flexibility index (Phi) is 3.80. The van der Waals surface area contributed by atoms with Gasteiger partial charge in [-0.1, -0.05) is 18.3 Å². The summed E-state index contributed by atoms with van der Waals surface area (Å²) < 4.78 is 13.4. The maximum absolute atomic E-state index is 13.4. The summed E-state index contributed by atoms with van der Waals surface area (Å²) in [6.45, 7) is 1.99. The summed E-state index contributed by atoms with van der Waals surface area (Å²) in [4.78, 5) is 11.7.